The molecule has 18 heavy (non-hydrogen) atoms. The van der Waals surface area contributed by atoms with E-state index in [-0.39, 0.29) is 6.04 Å². The monoisotopic (exact) mass is 306 g/mol. The minimum absolute atomic E-state index is 0.00933. The van der Waals surface area contributed by atoms with E-state index in [1.165, 1.54) is 0 Å². The lowest BCUT2D eigenvalue weighted by atomic mass is 10.1. The van der Waals surface area contributed by atoms with E-state index in [0.717, 1.165) is 22.3 Å². The number of benzene rings is 1. The Balaban J connectivity index is 2.11. The number of hydrogen-bond donors (Lipinski definition) is 1. The molecule has 2 N–H and O–H groups in total. The van der Waals surface area contributed by atoms with Gasteiger partial charge >= 0.3 is 0 Å². The molecule has 0 radical (unpaired) electrons. The zero-order valence-electron chi connectivity index (χ0n) is 10.1. The van der Waals surface area contributed by atoms with Gasteiger partial charge in [0, 0.05) is 10.5 Å². The van der Waals surface area contributed by atoms with Crippen molar-refractivity contribution in [1.29, 1.82) is 0 Å². The molecule has 2 rings (SSSR count). The second kappa shape index (κ2) is 5.98. The largest absolute Gasteiger partial charge is 0.456 e. The first kappa shape index (κ1) is 13.1. The van der Waals surface area contributed by atoms with Crippen LogP contribution in [0.1, 0.15) is 25.1 Å². The van der Waals surface area contributed by atoms with Crippen molar-refractivity contribution in [2.45, 2.75) is 19.4 Å². The van der Waals surface area contributed by atoms with Gasteiger partial charge in [0.1, 0.15) is 11.5 Å². The molecule has 0 spiro atoms. The zero-order chi connectivity index (χ0) is 13.0. The summed E-state index contributed by atoms with van der Waals surface area (Å²) < 4.78 is 6.68. The van der Waals surface area contributed by atoms with Gasteiger partial charge in [-0.3, -0.25) is 4.98 Å². The number of ether oxygens (including phenoxy) is 1. The first-order valence-electron chi connectivity index (χ1n) is 5.84. The number of halogens is 1. The molecule has 0 saturated heterocycles. The Labute approximate surface area is 115 Å². The molecule has 1 atom stereocenters. The van der Waals surface area contributed by atoms with Crippen LogP contribution in [0.2, 0.25) is 0 Å². The molecule has 3 nitrogen and oxygen atoms in total. The standard InChI is InChI=1S/C14H15BrN2O/c1-2-13(16)14-7-6-12(9-17-14)18-11-5-3-4-10(15)8-11/h3-9,13H,2,16H2,1H3. The van der Waals surface area contributed by atoms with Gasteiger partial charge in [0.25, 0.3) is 0 Å². The lowest BCUT2D eigenvalue weighted by Crippen LogP contribution is -2.10. The van der Waals surface area contributed by atoms with Crippen molar-refractivity contribution in [1.82, 2.24) is 4.98 Å². The zero-order valence-corrected chi connectivity index (χ0v) is 11.7. The van der Waals surface area contributed by atoms with E-state index >= 15 is 0 Å². The van der Waals surface area contributed by atoms with Crippen LogP contribution in [0.5, 0.6) is 11.5 Å². The number of nitrogens with zero attached hydrogens (tertiary/aromatic N) is 1. The molecule has 2 aromatic rings. The van der Waals surface area contributed by atoms with Crippen molar-refractivity contribution in [3.8, 4) is 11.5 Å². The SMILES string of the molecule is CCC(N)c1ccc(Oc2cccc(Br)c2)cn1. The van der Waals surface area contributed by atoms with E-state index in [2.05, 4.69) is 20.9 Å². The number of hydrogen-bond acceptors (Lipinski definition) is 3. The Bertz CT molecular complexity index is 513. The fourth-order valence-electron chi connectivity index (χ4n) is 1.55. The molecule has 1 aromatic heterocycles. The Morgan fingerprint density at radius 2 is 2.11 bits per heavy atom. The first-order valence-corrected chi connectivity index (χ1v) is 6.63. The van der Waals surface area contributed by atoms with Gasteiger partial charge in [0.05, 0.1) is 11.9 Å². The molecule has 0 bridgehead atoms. The van der Waals surface area contributed by atoms with Crippen LogP contribution in [0.25, 0.3) is 0 Å². The maximum Gasteiger partial charge on any atom is 0.145 e. The van der Waals surface area contributed by atoms with Crippen molar-refractivity contribution >= 4 is 15.9 Å². The highest BCUT2D eigenvalue weighted by molar-refractivity contribution is 9.10. The number of nitrogens with two attached hydrogens (primary N) is 1. The van der Waals surface area contributed by atoms with Gasteiger partial charge in [-0.1, -0.05) is 28.9 Å². The molecular formula is C14H15BrN2O. The Kier molecular flexibility index (Phi) is 4.33. The average Bonchev–Trinajstić information content (AvgIpc) is 2.39. The topological polar surface area (TPSA) is 48.1 Å². The Hall–Kier alpha value is -1.39. The minimum Gasteiger partial charge on any atom is -0.456 e. The van der Waals surface area contributed by atoms with Gasteiger partial charge in [0.15, 0.2) is 0 Å². The van der Waals surface area contributed by atoms with E-state index < -0.39 is 0 Å². The lowest BCUT2D eigenvalue weighted by Gasteiger charge is -2.09. The summed E-state index contributed by atoms with van der Waals surface area (Å²) in [5.41, 5.74) is 6.80. The molecule has 0 fully saturated rings. The molecule has 0 saturated carbocycles. The van der Waals surface area contributed by atoms with Crippen LogP contribution >= 0.6 is 15.9 Å². The van der Waals surface area contributed by atoms with Crippen molar-refractivity contribution in [3.63, 3.8) is 0 Å². The smallest absolute Gasteiger partial charge is 0.145 e. The van der Waals surface area contributed by atoms with Crippen LogP contribution in [-0.4, -0.2) is 4.98 Å². The highest BCUT2D eigenvalue weighted by Crippen LogP contribution is 2.24. The summed E-state index contributed by atoms with van der Waals surface area (Å²) in [6.45, 7) is 2.04. The molecule has 94 valence electrons. The van der Waals surface area contributed by atoms with Crippen LogP contribution in [0.15, 0.2) is 47.1 Å². The fourth-order valence-corrected chi connectivity index (χ4v) is 1.93. The number of aromatic nitrogens is 1. The third-order valence-corrected chi connectivity index (χ3v) is 3.10. The van der Waals surface area contributed by atoms with Gasteiger partial charge in [0.2, 0.25) is 0 Å². The molecule has 0 aliphatic carbocycles. The summed E-state index contributed by atoms with van der Waals surface area (Å²) in [6.07, 6.45) is 2.57. The molecule has 4 heteroatoms. The minimum atomic E-state index is -0.00933. The van der Waals surface area contributed by atoms with Crippen LogP contribution in [0.3, 0.4) is 0 Å². The Morgan fingerprint density at radius 1 is 1.28 bits per heavy atom. The normalized spacial score (nSPS) is 12.2. The van der Waals surface area contributed by atoms with E-state index in [4.69, 9.17) is 10.5 Å². The van der Waals surface area contributed by atoms with Crippen molar-refractivity contribution in [3.05, 3.63) is 52.8 Å². The van der Waals surface area contributed by atoms with Crippen LogP contribution in [-0.2, 0) is 0 Å². The second-order valence-electron chi connectivity index (χ2n) is 3.99. The first-order chi connectivity index (χ1) is 8.69. The predicted octanol–water partition coefficient (Wildman–Crippen LogP) is 4.05. The van der Waals surface area contributed by atoms with Crippen molar-refractivity contribution in [2.24, 2.45) is 5.73 Å². The van der Waals surface area contributed by atoms with E-state index in [1.807, 2.05) is 43.3 Å². The lowest BCUT2D eigenvalue weighted by molar-refractivity contribution is 0.478. The van der Waals surface area contributed by atoms with Crippen molar-refractivity contribution < 1.29 is 4.74 Å². The quantitative estimate of drug-likeness (QED) is 0.927. The summed E-state index contributed by atoms with van der Waals surface area (Å²) in [6, 6.07) is 11.5. The van der Waals surface area contributed by atoms with Gasteiger partial charge in [-0.15, -0.1) is 0 Å². The van der Waals surface area contributed by atoms with E-state index in [9.17, 15) is 0 Å². The maximum atomic E-state index is 5.91. The Morgan fingerprint density at radius 3 is 2.72 bits per heavy atom. The van der Waals surface area contributed by atoms with Gasteiger partial charge in [-0.25, -0.2) is 0 Å². The average molecular weight is 307 g/mol. The van der Waals surface area contributed by atoms with E-state index in [0.29, 0.717) is 5.75 Å². The summed E-state index contributed by atoms with van der Waals surface area (Å²) in [5, 5.41) is 0. The van der Waals surface area contributed by atoms with Crippen molar-refractivity contribution in [2.75, 3.05) is 0 Å². The highest BCUT2D eigenvalue weighted by Gasteiger charge is 2.05. The summed E-state index contributed by atoms with van der Waals surface area (Å²) in [4.78, 5) is 4.31. The molecular weight excluding hydrogens is 292 g/mol. The fraction of sp³-hybridized carbons (Fsp3) is 0.214. The third kappa shape index (κ3) is 3.31. The number of pyridine rings is 1. The van der Waals surface area contributed by atoms with E-state index in [1.54, 1.807) is 6.20 Å². The van der Waals surface area contributed by atoms with Crippen LogP contribution in [0, 0.1) is 0 Å². The van der Waals surface area contributed by atoms with Gasteiger partial charge < -0.3 is 10.5 Å². The van der Waals surface area contributed by atoms with Crippen LogP contribution < -0.4 is 10.5 Å². The van der Waals surface area contributed by atoms with Gasteiger partial charge in [-0.05, 0) is 36.8 Å². The van der Waals surface area contributed by atoms with Gasteiger partial charge in [-0.2, -0.15) is 0 Å². The molecule has 1 aromatic carbocycles. The summed E-state index contributed by atoms with van der Waals surface area (Å²) in [7, 11) is 0. The molecule has 0 amide bonds. The summed E-state index contributed by atoms with van der Waals surface area (Å²) >= 11 is 3.40. The summed E-state index contributed by atoms with van der Waals surface area (Å²) in [5.74, 6) is 1.49. The molecule has 1 heterocycles. The van der Waals surface area contributed by atoms with Crippen LogP contribution in [0.4, 0.5) is 0 Å². The molecule has 0 aliphatic heterocycles. The third-order valence-electron chi connectivity index (χ3n) is 2.61. The second-order valence-corrected chi connectivity index (χ2v) is 4.91. The molecule has 0 aliphatic rings. The maximum absolute atomic E-state index is 5.91. The predicted molar refractivity (Wildman–Crippen MR) is 75.7 cm³/mol. The highest BCUT2D eigenvalue weighted by atomic mass is 79.9. The molecule has 1 unspecified atom stereocenters. The number of rotatable bonds is 4.